The Balaban J connectivity index is 1.35. The molecule has 2 amide bonds. The maximum Gasteiger partial charge on any atom is 0.410 e. The van der Waals surface area contributed by atoms with Crippen molar-refractivity contribution in [2.45, 2.75) is 39.7 Å². The smallest absolute Gasteiger partial charge is 0.410 e. The van der Waals surface area contributed by atoms with Crippen LogP contribution in [0.1, 0.15) is 34.1 Å². The van der Waals surface area contributed by atoms with Gasteiger partial charge in [0.2, 0.25) is 5.91 Å². The lowest BCUT2D eigenvalue weighted by Crippen LogP contribution is -2.41. The Morgan fingerprint density at radius 3 is 2.54 bits per heavy atom. The number of nitrogens with one attached hydrogen (secondary N) is 1. The second-order valence-electron chi connectivity index (χ2n) is 11.8. The van der Waals surface area contributed by atoms with Gasteiger partial charge in [-0.2, -0.15) is 0 Å². The maximum absolute atomic E-state index is 12.5. The molecule has 218 valence electrons. The highest BCUT2D eigenvalue weighted by Crippen LogP contribution is 2.38. The lowest BCUT2D eigenvalue weighted by molar-refractivity contribution is -0.127. The van der Waals surface area contributed by atoms with Crippen LogP contribution >= 0.6 is 0 Å². The van der Waals surface area contributed by atoms with Gasteiger partial charge in [0.1, 0.15) is 23.7 Å². The number of hydrogen-bond acceptors (Lipinski definition) is 7. The van der Waals surface area contributed by atoms with Crippen molar-refractivity contribution in [1.82, 2.24) is 15.2 Å². The van der Waals surface area contributed by atoms with Gasteiger partial charge >= 0.3 is 6.09 Å². The van der Waals surface area contributed by atoms with Crippen molar-refractivity contribution in [2.75, 3.05) is 51.3 Å². The number of carbonyl (C=O) groups excluding carboxylic acids is 2. The van der Waals surface area contributed by atoms with Gasteiger partial charge in [-0.15, -0.1) is 0 Å². The van der Waals surface area contributed by atoms with E-state index in [4.69, 9.17) is 19.2 Å². The van der Waals surface area contributed by atoms with Crippen molar-refractivity contribution in [3.63, 3.8) is 0 Å². The average Bonchev–Trinajstić information content (AvgIpc) is 3.37. The van der Waals surface area contributed by atoms with E-state index in [9.17, 15) is 9.59 Å². The molecule has 2 atom stereocenters. The number of piperidine rings is 1. The molecule has 2 saturated heterocycles. The molecule has 2 aliphatic heterocycles. The monoisotopic (exact) mass is 560 g/mol. The Bertz CT molecular complexity index is 1400. The minimum atomic E-state index is -0.537. The van der Waals surface area contributed by atoms with Crippen LogP contribution in [-0.2, 0) is 9.53 Å². The van der Waals surface area contributed by atoms with Gasteiger partial charge < -0.3 is 29.3 Å². The molecule has 3 aromatic rings. The van der Waals surface area contributed by atoms with Crippen LogP contribution < -0.4 is 19.7 Å². The van der Waals surface area contributed by atoms with Gasteiger partial charge in [0, 0.05) is 49.4 Å². The summed E-state index contributed by atoms with van der Waals surface area (Å²) < 4.78 is 17.1. The third kappa shape index (κ3) is 6.66. The van der Waals surface area contributed by atoms with Crippen LogP contribution in [0.3, 0.4) is 0 Å². The number of fused-ring (bicyclic) bond motifs is 2. The second kappa shape index (κ2) is 11.8. The number of benzene rings is 2. The first kappa shape index (κ1) is 28.5. The lowest BCUT2D eigenvalue weighted by Gasteiger charge is -2.24. The number of anilines is 1. The average molecular weight is 561 g/mol. The molecule has 0 unspecified atom stereocenters. The van der Waals surface area contributed by atoms with Crippen LogP contribution in [0.4, 0.5) is 10.5 Å². The molecule has 0 radical (unpaired) electrons. The van der Waals surface area contributed by atoms with E-state index >= 15 is 0 Å². The summed E-state index contributed by atoms with van der Waals surface area (Å²) in [7, 11) is 1.70. The van der Waals surface area contributed by atoms with Crippen molar-refractivity contribution in [3.05, 3.63) is 48.5 Å². The van der Waals surface area contributed by atoms with Gasteiger partial charge in [-0.05, 0) is 82.5 Å². The minimum Gasteiger partial charge on any atom is -0.494 e. The van der Waals surface area contributed by atoms with E-state index in [1.54, 1.807) is 7.05 Å². The van der Waals surface area contributed by atoms with E-state index in [-0.39, 0.29) is 17.9 Å². The minimum absolute atomic E-state index is 0.0175. The Hall–Kier alpha value is -4.01. The van der Waals surface area contributed by atoms with E-state index in [2.05, 4.69) is 22.3 Å². The molecule has 2 aliphatic rings. The highest BCUT2D eigenvalue weighted by atomic mass is 16.6. The molecule has 0 spiro atoms. The largest absolute Gasteiger partial charge is 0.494 e. The molecule has 1 aromatic heterocycles. The van der Waals surface area contributed by atoms with E-state index in [0.717, 1.165) is 53.1 Å². The first-order valence-corrected chi connectivity index (χ1v) is 14.4. The molecule has 0 bridgehead atoms. The summed E-state index contributed by atoms with van der Waals surface area (Å²) >= 11 is 0. The second-order valence-corrected chi connectivity index (χ2v) is 11.8. The third-order valence-corrected chi connectivity index (χ3v) is 7.55. The normalized spacial score (nSPS) is 18.6. The van der Waals surface area contributed by atoms with E-state index < -0.39 is 5.60 Å². The number of pyridine rings is 1. The van der Waals surface area contributed by atoms with Gasteiger partial charge in [0.15, 0.2) is 0 Å². The number of hydrogen-bond donors (Lipinski definition) is 1. The molecule has 41 heavy (non-hydrogen) atoms. The molecule has 0 saturated carbocycles. The van der Waals surface area contributed by atoms with Crippen LogP contribution in [0.25, 0.3) is 22.2 Å². The molecular formula is C32H40N4O5. The molecule has 1 N–H and O–H groups in total. The van der Waals surface area contributed by atoms with Crippen LogP contribution in [0, 0.1) is 11.8 Å². The maximum atomic E-state index is 12.5. The summed E-state index contributed by atoms with van der Waals surface area (Å²) in [6.07, 6.45) is 0.631. The van der Waals surface area contributed by atoms with Crippen molar-refractivity contribution in [3.8, 4) is 22.8 Å². The topological polar surface area (TPSA) is 93.2 Å². The van der Waals surface area contributed by atoms with E-state index in [1.807, 2.05) is 64.1 Å². The quantitative estimate of drug-likeness (QED) is 0.409. The zero-order valence-corrected chi connectivity index (χ0v) is 24.6. The summed E-state index contributed by atoms with van der Waals surface area (Å²) in [6.45, 7) is 11.1. The zero-order valence-electron chi connectivity index (χ0n) is 24.6. The van der Waals surface area contributed by atoms with Crippen LogP contribution in [0.5, 0.6) is 11.5 Å². The van der Waals surface area contributed by atoms with E-state index in [0.29, 0.717) is 38.0 Å². The lowest BCUT2D eigenvalue weighted by atomic mass is 9.89. The molecule has 9 heteroatoms. The van der Waals surface area contributed by atoms with Gasteiger partial charge in [0.25, 0.3) is 0 Å². The Morgan fingerprint density at radius 1 is 1.07 bits per heavy atom. The highest BCUT2D eigenvalue weighted by Gasteiger charge is 2.40. The number of nitrogens with zero attached hydrogens (tertiary/aromatic N) is 3. The van der Waals surface area contributed by atoms with E-state index in [1.165, 1.54) is 4.90 Å². The molecule has 0 aliphatic carbocycles. The molecular weight excluding hydrogens is 520 g/mol. The molecule has 5 rings (SSSR count). The van der Waals surface area contributed by atoms with Crippen molar-refractivity contribution >= 4 is 28.6 Å². The first-order chi connectivity index (χ1) is 19.6. The fourth-order valence-corrected chi connectivity index (χ4v) is 5.48. The Kier molecular flexibility index (Phi) is 8.24. The van der Waals surface area contributed by atoms with Crippen LogP contribution in [-0.4, -0.2) is 73.9 Å². The van der Waals surface area contributed by atoms with Gasteiger partial charge in [0.05, 0.1) is 30.3 Å². The fraction of sp³-hybridized carbons (Fsp3) is 0.469. The number of ether oxygens (including phenoxy) is 3. The van der Waals surface area contributed by atoms with Crippen LogP contribution in [0.2, 0.25) is 0 Å². The Morgan fingerprint density at radius 2 is 1.83 bits per heavy atom. The van der Waals surface area contributed by atoms with Gasteiger partial charge in [-0.25, -0.2) is 9.78 Å². The first-order valence-electron chi connectivity index (χ1n) is 14.4. The SMILES string of the molecule is CCOc1ccc2c(N3C[C@@H]4CCNC(=O)[C@@H]4C3)cc(-c3ccc(OCCN(C)C(=O)OC(C)(C)C)cc3)nc2c1. The number of amides is 2. The zero-order chi connectivity index (χ0) is 29.1. The predicted molar refractivity (Wildman–Crippen MR) is 160 cm³/mol. The summed E-state index contributed by atoms with van der Waals surface area (Å²) in [6, 6.07) is 16.0. The summed E-state index contributed by atoms with van der Waals surface area (Å²) in [4.78, 5) is 33.6. The third-order valence-electron chi connectivity index (χ3n) is 7.55. The van der Waals surface area contributed by atoms with Crippen molar-refractivity contribution in [1.29, 1.82) is 0 Å². The fourth-order valence-electron chi connectivity index (χ4n) is 5.48. The van der Waals surface area contributed by atoms with Crippen LogP contribution in [0.15, 0.2) is 48.5 Å². The molecule has 3 heterocycles. The van der Waals surface area contributed by atoms with Gasteiger partial charge in [-0.1, -0.05) is 0 Å². The number of carbonyl (C=O) groups is 2. The molecule has 2 fully saturated rings. The summed E-state index contributed by atoms with van der Waals surface area (Å²) in [5.74, 6) is 2.03. The number of aromatic nitrogens is 1. The molecule has 2 aromatic carbocycles. The number of rotatable bonds is 8. The van der Waals surface area contributed by atoms with Crippen molar-refractivity contribution in [2.24, 2.45) is 11.8 Å². The summed E-state index contributed by atoms with van der Waals surface area (Å²) in [5.41, 5.74) is 3.21. The summed E-state index contributed by atoms with van der Waals surface area (Å²) in [5, 5.41) is 4.08. The van der Waals surface area contributed by atoms with Gasteiger partial charge in [-0.3, -0.25) is 4.79 Å². The predicted octanol–water partition coefficient (Wildman–Crippen LogP) is 5.12. The number of likely N-dealkylation sites (N-methyl/N-ethyl adjacent to an activating group) is 1. The Labute approximate surface area is 241 Å². The molecule has 9 nitrogen and oxygen atoms in total. The van der Waals surface area contributed by atoms with Crippen molar-refractivity contribution < 1.29 is 23.8 Å². The highest BCUT2D eigenvalue weighted by molar-refractivity contribution is 5.95. The standard InChI is InChI=1S/C32H40N4O5/c1-6-39-24-11-12-25-28(17-24)34-27(18-29(25)36-19-22-13-14-33-30(37)26(22)20-36)21-7-9-23(10-8-21)40-16-15-35(5)31(38)41-32(2,3)4/h7-12,17-18,22,26H,6,13-16,19-20H2,1-5H3,(H,33,37)/t22-,26+/m0/s1.